The van der Waals surface area contributed by atoms with E-state index < -0.39 is 0 Å². The fraction of sp³-hybridized carbons (Fsp3) is 0.562. The Morgan fingerprint density at radius 1 is 1.43 bits per heavy atom. The Bertz CT molecular complexity index is 467. The molecule has 1 aromatic rings. The third-order valence-electron chi connectivity index (χ3n) is 3.90. The van der Waals surface area contributed by atoms with Gasteiger partial charge in [-0.05, 0) is 42.4 Å². The Hall–Kier alpha value is -1.20. The first-order valence-corrected chi connectivity index (χ1v) is 8.89. The molecule has 2 rings (SSSR count). The second kappa shape index (κ2) is 8.29. The van der Waals surface area contributed by atoms with Gasteiger partial charge in [0.05, 0.1) is 12.6 Å². The van der Waals surface area contributed by atoms with E-state index in [1.165, 1.54) is 5.56 Å². The molecule has 116 valence electrons. The topological polar surface area (TPSA) is 52.6 Å². The van der Waals surface area contributed by atoms with E-state index in [9.17, 15) is 9.90 Å². The lowest BCUT2D eigenvalue weighted by molar-refractivity contribution is 0.127. The molecule has 2 amide bonds. The number of benzene rings is 1. The molecule has 0 radical (unpaired) electrons. The molecule has 5 heteroatoms. The van der Waals surface area contributed by atoms with Gasteiger partial charge in [-0.2, -0.15) is 11.8 Å². The zero-order chi connectivity index (χ0) is 15.1. The van der Waals surface area contributed by atoms with Gasteiger partial charge in [0.15, 0.2) is 0 Å². The summed E-state index contributed by atoms with van der Waals surface area (Å²) in [6, 6.07) is 7.78. The first-order chi connectivity index (χ1) is 10.3. The Morgan fingerprint density at radius 2 is 2.24 bits per heavy atom. The molecule has 0 spiro atoms. The van der Waals surface area contributed by atoms with Crippen molar-refractivity contribution < 1.29 is 9.90 Å². The number of aliphatic hydroxyl groups excluding tert-OH is 1. The molecule has 1 atom stereocenters. The Morgan fingerprint density at radius 3 is 3.00 bits per heavy atom. The number of aliphatic hydroxyl groups is 1. The van der Waals surface area contributed by atoms with Crippen LogP contribution in [0.2, 0.25) is 0 Å². The highest BCUT2D eigenvalue weighted by Crippen LogP contribution is 2.29. The summed E-state index contributed by atoms with van der Waals surface area (Å²) in [7, 11) is 0. The molecule has 4 nitrogen and oxygen atoms in total. The molecule has 1 heterocycles. The predicted molar refractivity (Wildman–Crippen MR) is 87.7 cm³/mol. The first kappa shape index (κ1) is 16.2. The second-order valence-electron chi connectivity index (χ2n) is 5.27. The molecule has 0 fully saturated rings. The number of carbonyl (C=O) groups is 1. The van der Waals surface area contributed by atoms with Crippen molar-refractivity contribution in [2.45, 2.75) is 25.3 Å². The van der Waals surface area contributed by atoms with E-state index in [0.717, 1.165) is 30.6 Å². The molecule has 0 aliphatic carbocycles. The number of amides is 2. The minimum absolute atomic E-state index is 0.0308. The first-order valence-electron chi connectivity index (χ1n) is 7.50. The SMILES string of the molecule is CSCCCCNC(=O)N1CCc2ccccc2C1CO. The Labute approximate surface area is 130 Å². The number of rotatable bonds is 6. The van der Waals surface area contributed by atoms with Gasteiger partial charge in [0.25, 0.3) is 0 Å². The monoisotopic (exact) mass is 308 g/mol. The van der Waals surface area contributed by atoms with E-state index in [4.69, 9.17) is 0 Å². The molecule has 1 aliphatic rings. The van der Waals surface area contributed by atoms with Crippen molar-refractivity contribution in [1.29, 1.82) is 0 Å². The van der Waals surface area contributed by atoms with Gasteiger partial charge in [0.1, 0.15) is 0 Å². The van der Waals surface area contributed by atoms with Crippen molar-refractivity contribution in [3.05, 3.63) is 35.4 Å². The maximum absolute atomic E-state index is 12.3. The van der Waals surface area contributed by atoms with Gasteiger partial charge >= 0.3 is 6.03 Å². The minimum Gasteiger partial charge on any atom is -0.394 e. The summed E-state index contributed by atoms with van der Waals surface area (Å²) in [6.07, 6.45) is 5.07. The highest BCUT2D eigenvalue weighted by Gasteiger charge is 2.29. The van der Waals surface area contributed by atoms with Crippen LogP contribution >= 0.6 is 11.8 Å². The number of hydrogen-bond acceptors (Lipinski definition) is 3. The highest BCUT2D eigenvalue weighted by molar-refractivity contribution is 7.98. The molecule has 1 unspecified atom stereocenters. The van der Waals surface area contributed by atoms with Crippen LogP contribution in [0.1, 0.15) is 30.0 Å². The van der Waals surface area contributed by atoms with Crippen LogP contribution in [0.25, 0.3) is 0 Å². The number of fused-ring (bicyclic) bond motifs is 1. The molecule has 0 saturated heterocycles. The van der Waals surface area contributed by atoms with Crippen molar-refractivity contribution in [2.75, 3.05) is 31.7 Å². The maximum atomic E-state index is 12.3. The Kier molecular flexibility index (Phi) is 6.39. The highest BCUT2D eigenvalue weighted by atomic mass is 32.2. The summed E-state index contributed by atoms with van der Waals surface area (Å²) in [5.74, 6) is 1.13. The fourth-order valence-corrected chi connectivity index (χ4v) is 3.25. The molecule has 21 heavy (non-hydrogen) atoms. The van der Waals surface area contributed by atoms with Gasteiger partial charge in [-0.1, -0.05) is 24.3 Å². The molecule has 2 N–H and O–H groups in total. The van der Waals surface area contributed by atoms with Gasteiger partial charge < -0.3 is 15.3 Å². The average Bonchev–Trinajstić information content (AvgIpc) is 2.53. The lowest BCUT2D eigenvalue weighted by Crippen LogP contribution is -2.47. The number of nitrogens with zero attached hydrogens (tertiary/aromatic N) is 1. The summed E-state index contributed by atoms with van der Waals surface area (Å²) < 4.78 is 0. The number of nitrogens with one attached hydrogen (secondary N) is 1. The molecule has 0 bridgehead atoms. The van der Waals surface area contributed by atoms with Gasteiger partial charge in [0, 0.05) is 13.1 Å². The third-order valence-corrected chi connectivity index (χ3v) is 4.59. The summed E-state index contributed by atoms with van der Waals surface area (Å²) in [6.45, 7) is 1.34. The van der Waals surface area contributed by atoms with Crippen LogP contribution in [-0.2, 0) is 6.42 Å². The van der Waals surface area contributed by atoms with E-state index >= 15 is 0 Å². The van der Waals surface area contributed by atoms with Crippen LogP contribution < -0.4 is 5.32 Å². The van der Waals surface area contributed by atoms with Crippen molar-refractivity contribution in [1.82, 2.24) is 10.2 Å². The molecular weight excluding hydrogens is 284 g/mol. The van der Waals surface area contributed by atoms with Crippen LogP contribution in [0.4, 0.5) is 4.79 Å². The third kappa shape index (κ3) is 4.14. The van der Waals surface area contributed by atoms with E-state index in [1.807, 2.05) is 30.0 Å². The number of hydrogen-bond donors (Lipinski definition) is 2. The summed E-state index contributed by atoms with van der Waals surface area (Å²) in [4.78, 5) is 14.1. The quantitative estimate of drug-likeness (QED) is 0.794. The molecular formula is C16H24N2O2S. The van der Waals surface area contributed by atoms with Crippen LogP contribution in [0, 0.1) is 0 Å². The fourth-order valence-electron chi connectivity index (χ4n) is 2.76. The van der Waals surface area contributed by atoms with Crippen molar-refractivity contribution >= 4 is 17.8 Å². The van der Waals surface area contributed by atoms with Crippen LogP contribution in [0.15, 0.2) is 24.3 Å². The van der Waals surface area contributed by atoms with Gasteiger partial charge in [-0.15, -0.1) is 0 Å². The van der Waals surface area contributed by atoms with Crippen molar-refractivity contribution in [3.8, 4) is 0 Å². The number of urea groups is 1. The summed E-state index contributed by atoms with van der Waals surface area (Å²) in [5, 5.41) is 12.6. The van der Waals surface area contributed by atoms with E-state index in [-0.39, 0.29) is 18.7 Å². The van der Waals surface area contributed by atoms with Crippen molar-refractivity contribution in [2.24, 2.45) is 0 Å². The standard InChI is InChI=1S/C16H24N2O2S/c1-21-11-5-4-9-17-16(20)18-10-8-13-6-2-3-7-14(13)15(18)12-19/h2-3,6-7,15,19H,4-5,8-12H2,1H3,(H,17,20). The summed E-state index contributed by atoms with van der Waals surface area (Å²) in [5.41, 5.74) is 2.31. The van der Waals surface area contributed by atoms with Gasteiger partial charge in [-0.3, -0.25) is 0 Å². The van der Waals surface area contributed by atoms with E-state index in [1.54, 1.807) is 4.90 Å². The second-order valence-corrected chi connectivity index (χ2v) is 6.26. The van der Waals surface area contributed by atoms with Crippen LogP contribution in [-0.4, -0.2) is 47.7 Å². The molecule has 0 aromatic heterocycles. The van der Waals surface area contributed by atoms with Crippen LogP contribution in [0.5, 0.6) is 0 Å². The normalized spacial score (nSPS) is 17.4. The summed E-state index contributed by atoms with van der Waals surface area (Å²) >= 11 is 1.83. The van der Waals surface area contributed by atoms with E-state index in [2.05, 4.69) is 17.6 Å². The van der Waals surface area contributed by atoms with Crippen molar-refractivity contribution in [3.63, 3.8) is 0 Å². The lowest BCUT2D eigenvalue weighted by atomic mass is 9.93. The number of thioether (sulfide) groups is 1. The van der Waals surface area contributed by atoms with Gasteiger partial charge in [0.2, 0.25) is 0 Å². The Balaban J connectivity index is 1.92. The lowest BCUT2D eigenvalue weighted by Gasteiger charge is -2.36. The molecule has 1 aliphatic heterocycles. The zero-order valence-corrected chi connectivity index (χ0v) is 13.4. The predicted octanol–water partition coefficient (Wildman–Crippen LogP) is 2.43. The van der Waals surface area contributed by atoms with Crippen LogP contribution in [0.3, 0.4) is 0 Å². The van der Waals surface area contributed by atoms with Gasteiger partial charge in [-0.25, -0.2) is 4.79 Å². The minimum atomic E-state index is -0.221. The zero-order valence-electron chi connectivity index (χ0n) is 12.5. The maximum Gasteiger partial charge on any atom is 0.318 e. The average molecular weight is 308 g/mol. The molecule has 0 saturated carbocycles. The smallest absolute Gasteiger partial charge is 0.318 e. The number of carbonyl (C=O) groups excluding carboxylic acids is 1. The van der Waals surface area contributed by atoms with E-state index in [0.29, 0.717) is 13.1 Å². The molecule has 1 aromatic carbocycles. The largest absolute Gasteiger partial charge is 0.394 e. The number of unbranched alkanes of at least 4 members (excludes halogenated alkanes) is 1.